The van der Waals surface area contributed by atoms with Crippen molar-refractivity contribution in [1.29, 1.82) is 0 Å². The summed E-state index contributed by atoms with van der Waals surface area (Å²) in [5.41, 5.74) is 0.965. The lowest BCUT2D eigenvalue weighted by molar-refractivity contribution is -0.119. The number of hydrogen-bond acceptors (Lipinski definition) is 8. The van der Waals surface area contributed by atoms with Crippen molar-refractivity contribution in [3.8, 4) is 0 Å². The molecule has 0 unspecified atom stereocenters. The number of esters is 1. The van der Waals surface area contributed by atoms with E-state index in [2.05, 4.69) is 15.0 Å². The Morgan fingerprint density at radius 3 is 2.54 bits per heavy atom. The molecule has 2 aromatic carbocycles. The molecule has 1 amide bonds. The van der Waals surface area contributed by atoms with E-state index >= 15 is 0 Å². The molecule has 0 atom stereocenters. The van der Waals surface area contributed by atoms with E-state index in [4.69, 9.17) is 32.7 Å². The van der Waals surface area contributed by atoms with E-state index in [1.165, 1.54) is 24.4 Å². The number of rotatable bonds is 8. The van der Waals surface area contributed by atoms with E-state index in [-0.39, 0.29) is 21.3 Å². The molecular weight excluding hydrogens is 543 g/mol. The molecule has 1 fully saturated rings. The van der Waals surface area contributed by atoms with Crippen molar-refractivity contribution in [3.05, 3.63) is 76.4 Å². The van der Waals surface area contributed by atoms with E-state index in [0.29, 0.717) is 42.7 Å². The van der Waals surface area contributed by atoms with Crippen LogP contribution in [-0.2, 0) is 24.3 Å². The summed E-state index contributed by atoms with van der Waals surface area (Å²) < 4.78 is 39.5. The molecule has 0 aliphatic carbocycles. The van der Waals surface area contributed by atoms with Crippen LogP contribution in [-0.4, -0.2) is 58.2 Å². The summed E-state index contributed by atoms with van der Waals surface area (Å²) in [5, 5.41) is 2.77. The van der Waals surface area contributed by atoms with Gasteiger partial charge in [-0.05, 0) is 42.5 Å². The fourth-order valence-corrected chi connectivity index (χ4v) is 5.23. The maximum Gasteiger partial charge on any atom is 0.338 e. The number of halogens is 2. The van der Waals surface area contributed by atoms with Gasteiger partial charge < -0.3 is 19.7 Å². The lowest BCUT2D eigenvalue weighted by Gasteiger charge is -2.30. The first-order valence-electron chi connectivity index (χ1n) is 11.1. The van der Waals surface area contributed by atoms with Crippen LogP contribution < -0.4 is 14.9 Å². The topological polar surface area (TPSA) is 127 Å². The molecule has 1 saturated heterocycles. The predicted molar refractivity (Wildman–Crippen MR) is 140 cm³/mol. The van der Waals surface area contributed by atoms with Gasteiger partial charge in [0.15, 0.2) is 6.61 Å². The van der Waals surface area contributed by atoms with Gasteiger partial charge in [0.05, 0.1) is 40.2 Å². The monoisotopic (exact) mass is 564 g/mol. The highest BCUT2D eigenvalue weighted by atomic mass is 35.5. The van der Waals surface area contributed by atoms with Gasteiger partial charge in [-0.3, -0.25) is 9.52 Å². The molecular formula is C24H22Cl2N4O6S. The maximum atomic E-state index is 13.3. The number of hydrogen-bond donors (Lipinski definition) is 2. The summed E-state index contributed by atoms with van der Waals surface area (Å²) in [6.07, 6.45) is 1.35. The number of amides is 1. The minimum atomic E-state index is -4.18. The number of carbonyl (C=O) groups is 2. The van der Waals surface area contributed by atoms with E-state index < -0.39 is 28.5 Å². The number of ether oxygens (including phenoxy) is 2. The van der Waals surface area contributed by atoms with Gasteiger partial charge in [-0.2, -0.15) is 0 Å². The third kappa shape index (κ3) is 6.89. The first-order valence-corrected chi connectivity index (χ1v) is 13.3. The van der Waals surface area contributed by atoms with Crippen molar-refractivity contribution >= 4 is 62.3 Å². The second kappa shape index (κ2) is 11.8. The molecule has 2 N–H and O–H groups in total. The zero-order chi connectivity index (χ0) is 26.4. The molecule has 10 nitrogen and oxygen atoms in total. The number of nitrogens with zero attached hydrogens (tertiary/aromatic N) is 2. The van der Waals surface area contributed by atoms with Gasteiger partial charge in [-0.1, -0.05) is 35.3 Å². The molecule has 2 heterocycles. The predicted octanol–water partition coefficient (Wildman–Crippen LogP) is 3.82. The van der Waals surface area contributed by atoms with E-state index in [0.717, 1.165) is 6.07 Å². The standard InChI is InChI=1S/C24H22Cl2N4O6S/c25-17-6-8-22(27-14-17)28-23(31)15-36-24(32)16-5-7-18(26)21(13-16)37(33,34)29-19-3-1-2-4-20(19)30-9-11-35-12-10-30/h1-8,13-14,29H,9-12,15H2,(H,27,28,31). The van der Waals surface area contributed by atoms with Crippen LogP contribution in [0.2, 0.25) is 10.0 Å². The van der Waals surface area contributed by atoms with Gasteiger partial charge in [0.1, 0.15) is 10.7 Å². The second-order valence-electron chi connectivity index (χ2n) is 7.85. The molecule has 1 aliphatic rings. The van der Waals surface area contributed by atoms with Crippen LogP contribution in [0.15, 0.2) is 65.7 Å². The Labute approximate surface area is 223 Å². The molecule has 1 aromatic heterocycles. The molecule has 37 heavy (non-hydrogen) atoms. The van der Waals surface area contributed by atoms with E-state index in [1.54, 1.807) is 18.2 Å². The van der Waals surface area contributed by atoms with Gasteiger partial charge in [0.2, 0.25) is 0 Å². The summed E-state index contributed by atoms with van der Waals surface area (Å²) in [5.74, 6) is -1.30. The Balaban J connectivity index is 1.46. The zero-order valence-electron chi connectivity index (χ0n) is 19.3. The number of nitrogens with one attached hydrogen (secondary N) is 2. The van der Waals surface area contributed by atoms with Gasteiger partial charge in [0.25, 0.3) is 15.9 Å². The number of benzene rings is 2. The van der Waals surface area contributed by atoms with Crippen LogP contribution in [0.3, 0.4) is 0 Å². The van der Waals surface area contributed by atoms with E-state index in [1.807, 2.05) is 17.0 Å². The summed E-state index contributed by atoms with van der Waals surface area (Å²) in [6, 6.07) is 13.7. The SMILES string of the molecule is O=C(COC(=O)c1ccc(Cl)c(S(=O)(=O)Nc2ccccc2N2CCOCC2)c1)Nc1ccc(Cl)cn1. The average Bonchev–Trinajstić information content (AvgIpc) is 2.89. The Kier molecular flexibility index (Phi) is 8.49. The molecule has 3 aromatic rings. The van der Waals surface area contributed by atoms with Gasteiger partial charge in [0, 0.05) is 19.3 Å². The Morgan fingerprint density at radius 2 is 1.81 bits per heavy atom. The van der Waals surface area contributed by atoms with Crippen LogP contribution in [0.4, 0.5) is 17.2 Å². The van der Waals surface area contributed by atoms with Crippen LogP contribution in [0, 0.1) is 0 Å². The van der Waals surface area contributed by atoms with Crippen molar-refractivity contribution in [2.75, 3.05) is 47.8 Å². The third-order valence-electron chi connectivity index (χ3n) is 5.29. The highest BCUT2D eigenvalue weighted by molar-refractivity contribution is 7.92. The number of morpholine rings is 1. The Bertz CT molecular complexity index is 1400. The fourth-order valence-electron chi connectivity index (χ4n) is 3.52. The Hall–Kier alpha value is -3.38. The quantitative estimate of drug-likeness (QED) is 0.395. The van der Waals surface area contributed by atoms with Crippen molar-refractivity contribution in [2.45, 2.75) is 4.90 Å². The molecule has 194 valence electrons. The van der Waals surface area contributed by atoms with Gasteiger partial charge >= 0.3 is 5.97 Å². The van der Waals surface area contributed by atoms with Gasteiger partial charge in [-0.15, -0.1) is 0 Å². The lowest BCUT2D eigenvalue weighted by Crippen LogP contribution is -2.36. The normalized spacial score (nSPS) is 13.6. The summed E-state index contributed by atoms with van der Waals surface area (Å²) in [7, 11) is -4.18. The van der Waals surface area contributed by atoms with Crippen molar-refractivity contribution in [1.82, 2.24) is 4.98 Å². The highest BCUT2D eigenvalue weighted by Crippen LogP contribution is 2.31. The van der Waals surface area contributed by atoms with Crippen LogP contribution >= 0.6 is 23.2 Å². The van der Waals surface area contributed by atoms with Crippen molar-refractivity contribution in [2.24, 2.45) is 0 Å². The number of para-hydroxylation sites is 2. The largest absolute Gasteiger partial charge is 0.452 e. The van der Waals surface area contributed by atoms with Crippen molar-refractivity contribution < 1.29 is 27.5 Å². The molecule has 0 saturated carbocycles. The Morgan fingerprint density at radius 1 is 1.05 bits per heavy atom. The van der Waals surface area contributed by atoms with Crippen molar-refractivity contribution in [3.63, 3.8) is 0 Å². The smallest absolute Gasteiger partial charge is 0.338 e. The molecule has 0 bridgehead atoms. The van der Waals surface area contributed by atoms with Crippen LogP contribution in [0.5, 0.6) is 0 Å². The molecule has 1 aliphatic heterocycles. The summed E-state index contributed by atoms with van der Waals surface area (Å²) in [4.78, 5) is 30.2. The summed E-state index contributed by atoms with van der Waals surface area (Å²) in [6.45, 7) is 1.68. The first kappa shape index (κ1) is 26.7. The second-order valence-corrected chi connectivity index (χ2v) is 10.3. The minimum absolute atomic E-state index is 0.0838. The molecule has 4 rings (SSSR count). The number of aromatic nitrogens is 1. The number of pyridine rings is 1. The zero-order valence-corrected chi connectivity index (χ0v) is 21.6. The fraction of sp³-hybridized carbons (Fsp3) is 0.208. The molecule has 13 heteroatoms. The maximum absolute atomic E-state index is 13.3. The van der Waals surface area contributed by atoms with Gasteiger partial charge in [-0.25, -0.2) is 18.2 Å². The third-order valence-corrected chi connectivity index (χ3v) is 7.36. The number of anilines is 3. The lowest BCUT2D eigenvalue weighted by atomic mass is 10.2. The molecule has 0 radical (unpaired) electrons. The first-order chi connectivity index (χ1) is 17.7. The average molecular weight is 565 g/mol. The van der Waals surface area contributed by atoms with Crippen LogP contribution in [0.1, 0.15) is 10.4 Å². The van der Waals surface area contributed by atoms with Crippen LogP contribution in [0.25, 0.3) is 0 Å². The molecule has 0 spiro atoms. The van der Waals surface area contributed by atoms with E-state index in [9.17, 15) is 18.0 Å². The summed E-state index contributed by atoms with van der Waals surface area (Å²) >= 11 is 11.9. The number of carbonyl (C=O) groups excluding carboxylic acids is 2. The number of sulfonamides is 1. The minimum Gasteiger partial charge on any atom is -0.452 e. The highest BCUT2D eigenvalue weighted by Gasteiger charge is 2.24.